The molecule has 0 bridgehead atoms. The fraction of sp³-hybridized carbons (Fsp3) is 0.500. The second-order valence-corrected chi connectivity index (χ2v) is 2.67. The molecule has 2 amide bonds. The van der Waals surface area contributed by atoms with E-state index in [4.69, 9.17) is 0 Å². The summed E-state index contributed by atoms with van der Waals surface area (Å²) in [6.45, 7) is 1.71. The first-order chi connectivity index (χ1) is 6.91. The molecule has 0 saturated heterocycles. The maximum absolute atomic E-state index is 10.8. The zero-order valence-corrected chi connectivity index (χ0v) is 8.46. The van der Waals surface area contributed by atoms with Gasteiger partial charge in [0.25, 0.3) is 0 Å². The summed E-state index contributed by atoms with van der Waals surface area (Å²) in [5.74, 6) is -2.55. The summed E-state index contributed by atoms with van der Waals surface area (Å²) in [4.78, 5) is 42.4. The van der Waals surface area contributed by atoms with E-state index in [1.54, 1.807) is 0 Å². The Morgan fingerprint density at radius 2 is 1.20 bits per heavy atom. The molecule has 2 N–H and O–H groups in total. The fourth-order valence-corrected chi connectivity index (χ4v) is 0.592. The molecule has 0 unspecified atom stereocenters. The number of esters is 2. The van der Waals surface area contributed by atoms with E-state index in [1.807, 2.05) is 0 Å². The Morgan fingerprint density at radius 1 is 0.867 bits per heavy atom. The molecule has 7 heteroatoms. The third kappa shape index (κ3) is 8.41. The van der Waals surface area contributed by atoms with Gasteiger partial charge in [-0.3, -0.25) is 9.59 Å². The van der Waals surface area contributed by atoms with Crippen molar-refractivity contribution in [2.45, 2.75) is 13.8 Å². The predicted molar refractivity (Wildman–Crippen MR) is 48.5 cm³/mol. The molecule has 7 nitrogen and oxygen atoms in total. The van der Waals surface area contributed by atoms with Gasteiger partial charge in [-0.15, -0.1) is 0 Å². The SMILES string of the molecule is CC(=O)NCC(=O)OC(=O)CNC(C)=O. The average Bonchev–Trinajstić information content (AvgIpc) is 2.11. The molecule has 84 valence electrons. The number of ether oxygens (including phenoxy) is 1. The second kappa shape index (κ2) is 6.52. The Hall–Kier alpha value is -1.92. The summed E-state index contributed by atoms with van der Waals surface area (Å²) >= 11 is 0. The van der Waals surface area contributed by atoms with Crippen LogP contribution < -0.4 is 10.6 Å². The van der Waals surface area contributed by atoms with Crippen molar-refractivity contribution >= 4 is 23.8 Å². The minimum absolute atomic E-state index is 0.374. The quantitative estimate of drug-likeness (QED) is 0.432. The predicted octanol–water partition coefficient (Wildman–Crippen LogP) is -1.67. The van der Waals surface area contributed by atoms with Gasteiger partial charge in [0, 0.05) is 13.8 Å². The van der Waals surface area contributed by atoms with Crippen molar-refractivity contribution in [2.24, 2.45) is 0 Å². The van der Waals surface area contributed by atoms with Gasteiger partial charge in [0.2, 0.25) is 11.8 Å². The molecular weight excluding hydrogens is 204 g/mol. The summed E-state index contributed by atoms with van der Waals surface area (Å²) < 4.78 is 4.24. The first-order valence-corrected chi connectivity index (χ1v) is 4.14. The molecule has 0 radical (unpaired) electrons. The van der Waals surface area contributed by atoms with Crippen LogP contribution in [0.4, 0.5) is 0 Å². The van der Waals surface area contributed by atoms with Gasteiger partial charge in [-0.2, -0.15) is 0 Å². The first-order valence-electron chi connectivity index (χ1n) is 4.14. The van der Waals surface area contributed by atoms with Crippen LogP contribution in [0.25, 0.3) is 0 Å². The zero-order valence-electron chi connectivity index (χ0n) is 8.46. The van der Waals surface area contributed by atoms with Gasteiger partial charge < -0.3 is 15.4 Å². The lowest BCUT2D eigenvalue weighted by molar-refractivity contribution is -0.159. The van der Waals surface area contributed by atoms with Gasteiger partial charge in [0.15, 0.2) is 0 Å². The third-order valence-electron chi connectivity index (χ3n) is 1.19. The molecule has 0 fully saturated rings. The first kappa shape index (κ1) is 13.1. The maximum Gasteiger partial charge on any atom is 0.333 e. The standard InChI is InChI=1S/C8H12N2O5/c1-5(11)9-3-7(13)15-8(14)4-10-6(2)12/h3-4H2,1-2H3,(H,9,11)(H,10,12). The number of hydrogen-bond acceptors (Lipinski definition) is 5. The lowest BCUT2D eigenvalue weighted by Gasteiger charge is -2.03. The highest BCUT2D eigenvalue weighted by molar-refractivity contribution is 5.90. The van der Waals surface area contributed by atoms with Gasteiger partial charge in [0.1, 0.15) is 13.1 Å². The maximum atomic E-state index is 10.8. The molecule has 0 atom stereocenters. The van der Waals surface area contributed by atoms with Gasteiger partial charge in [0.05, 0.1) is 0 Å². The number of amides is 2. The summed E-state index contributed by atoms with van der Waals surface area (Å²) in [5.41, 5.74) is 0. The molecule has 0 saturated carbocycles. The van der Waals surface area contributed by atoms with E-state index < -0.39 is 23.8 Å². The van der Waals surface area contributed by atoms with Crippen LogP contribution in [0.3, 0.4) is 0 Å². The van der Waals surface area contributed by atoms with Crippen molar-refractivity contribution in [1.29, 1.82) is 0 Å². The molecule has 0 aromatic rings. The van der Waals surface area contributed by atoms with Crippen LogP contribution in [0.5, 0.6) is 0 Å². The highest BCUT2D eigenvalue weighted by Gasteiger charge is 2.10. The van der Waals surface area contributed by atoms with Crippen LogP contribution in [0.2, 0.25) is 0 Å². The van der Waals surface area contributed by atoms with Crippen molar-refractivity contribution in [3.63, 3.8) is 0 Å². The van der Waals surface area contributed by atoms with Crippen LogP contribution in [-0.4, -0.2) is 36.8 Å². The van der Waals surface area contributed by atoms with Crippen molar-refractivity contribution < 1.29 is 23.9 Å². The molecule has 15 heavy (non-hydrogen) atoms. The molecular formula is C8H12N2O5. The number of carbonyl (C=O) groups is 4. The van der Waals surface area contributed by atoms with Crippen LogP contribution in [-0.2, 0) is 23.9 Å². The number of hydrogen-bond donors (Lipinski definition) is 2. The average molecular weight is 216 g/mol. The van der Waals surface area contributed by atoms with Crippen LogP contribution in [0, 0.1) is 0 Å². The van der Waals surface area contributed by atoms with Gasteiger partial charge in [-0.05, 0) is 0 Å². The van der Waals surface area contributed by atoms with Crippen molar-refractivity contribution in [3.8, 4) is 0 Å². The molecule has 0 aliphatic carbocycles. The van der Waals surface area contributed by atoms with Crippen molar-refractivity contribution in [2.75, 3.05) is 13.1 Å². The van der Waals surface area contributed by atoms with E-state index in [-0.39, 0.29) is 13.1 Å². The Morgan fingerprint density at radius 3 is 1.47 bits per heavy atom. The summed E-state index contributed by atoms with van der Waals surface area (Å²) in [6.07, 6.45) is 0. The van der Waals surface area contributed by atoms with E-state index in [1.165, 1.54) is 13.8 Å². The minimum atomic E-state index is -0.874. The van der Waals surface area contributed by atoms with E-state index >= 15 is 0 Å². The minimum Gasteiger partial charge on any atom is -0.390 e. The summed E-state index contributed by atoms with van der Waals surface area (Å²) in [6, 6.07) is 0. The molecule has 0 aromatic heterocycles. The lowest BCUT2D eigenvalue weighted by Crippen LogP contribution is -2.34. The zero-order chi connectivity index (χ0) is 11.8. The molecule has 0 heterocycles. The summed E-state index contributed by atoms with van der Waals surface area (Å²) in [5, 5.41) is 4.32. The Labute approximate surface area is 86.2 Å². The van der Waals surface area contributed by atoms with Crippen molar-refractivity contribution in [3.05, 3.63) is 0 Å². The topological polar surface area (TPSA) is 102 Å². The fourth-order valence-electron chi connectivity index (χ4n) is 0.592. The lowest BCUT2D eigenvalue weighted by atomic mass is 10.5. The molecule has 0 aliphatic rings. The van der Waals surface area contributed by atoms with Gasteiger partial charge in [-0.1, -0.05) is 0 Å². The third-order valence-corrected chi connectivity index (χ3v) is 1.19. The molecule has 0 aliphatic heterocycles. The largest absolute Gasteiger partial charge is 0.390 e. The summed E-state index contributed by atoms with van der Waals surface area (Å²) in [7, 11) is 0. The Bertz CT molecular complexity index is 259. The highest BCUT2D eigenvalue weighted by Crippen LogP contribution is 1.79. The number of rotatable bonds is 4. The van der Waals surface area contributed by atoms with E-state index in [0.29, 0.717) is 0 Å². The smallest absolute Gasteiger partial charge is 0.333 e. The van der Waals surface area contributed by atoms with E-state index in [2.05, 4.69) is 15.4 Å². The second-order valence-electron chi connectivity index (χ2n) is 2.67. The number of nitrogens with one attached hydrogen (secondary N) is 2. The number of carbonyl (C=O) groups excluding carboxylic acids is 4. The molecule has 0 aromatic carbocycles. The van der Waals surface area contributed by atoms with Crippen LogP contribution in [0.15, 0.2) is 0 Å². The molecule has 0 spiro atoms. The molecule has 0 rings (SSSR count). The van der Waals surface area contributed by atoms with Gasteiger partial charge >= 0.3 is 11.9 Å². The van der Waals surface area contributed by atoms with Crippen LogP contribution >= 0.6 is 0 Å². The monoisotopic (exact) mass is 216 g/mol. The van der Waals surface area contributed by atoms with Crippen molar-refractivity contribution in [1.82, 2.24) is 10.6 Å². The highest BCUT2D eigenvalue weighted by atomic mass is 16.6. The normalized spacial score (nSPS) is 8.93. The van der Waals surface area contributed by atoms with Crippen LogP contribution in [0.1, 0.15) is 13.8 Å². The van der Waals surface area contributed by atoms with E-state index in [0.717, 1.165) is 0 Å². The Balaban J connectivity index is 3.71. The van der Waals surface area contributed by atoms with E-state index in [9.17, 15) is 19.2 Å². The van der Waals surface area contributed by atoms with Gasteiger partial charge in [-0.25, -0.2) is 9.59 Å². The Kier molecular flexibility index (Phi) is 5.69.